The fourth-order valence-electron chi connectivity index (χ4n) is 1.89. The number of tetrazole rings is 1. The second-order valence-corrected chi connectivity index (χ2v) is 4.73. The molecule has 9 heteroatoms. The number of hydrogen-bond donors (Lipinski definition) is 2. The molecule has 0 spiro atoms. The molecular weight excluding hydrogens is 298 g/mol. The molecule has 0 bridgehead atoms. The van der Waals surface area contributed by atoms with E-state index in [4.69, 9.17) is 17.3 Å². The maximum absolute atomic E-state index is 11.2. The van der Waals surface area contributed by atoms with E-state index in [1.165, 1.54) is 23.9 Å². The SMILES string of the molecule is CCCCCCCCC(C(=O)O)n1[nH]nnc1=S.[Na+].[Na+]. The molecule has 0 fully saturated rings. The van der Waals surface area contributed by atoms with Gasteiger partial charge in [0.25, 0.3) is 0 Å². The third-order valence-corrected chi connectivity index (χ3v) is 3.20. The van der Waals surface area contributed by atoms with Crippen molar-refractivity contribution in [2.24, 2.45) is 0 Å². The van der Waals surface area contributed by atoms with Crippen molar-refractivity contribution in [3.63, 3.8) is 0 Å². The largest absolute Gasteiger partial charge is 1.00 e. The second-order valence-electron chi connectivity index (χ2n) is 4.36. The van der Waals surface area contributed by atoms with Crippen molar-refractivity contribution in [1.29, 1.82) is 0 Å². The number of unbranched alkanes of at least 4 members (excludes halogenated alkanes) is 5. The molecule has 0 aliphatic carbocycles. The number of aromatic nitrogens is 4. The fourth-order valence-corrected chi connectivity index (χ4v) is 2.10. The van der Waals surface area contributed by atoms with Gasteiger partial charge in [0.05, 0.1) is 0 Å². The Hall–Kier alpha value is 0.760. The average molecular weight is 318 g/mol. The van der Waals surface area contributed by atoms with Gasteiger partial charge in [0.1, 0.15) is 0 Å². The van der Waals surface area contributed by atoms with Gasteiger partial charge < -0.3 is 5.11 Å². The number of carboxylic acid groups (broad SMARTS) is 1. The molecule has 1 rings (SSSR count). The zero-order valence-electron chi connectivity index (χ0n) is 12.6. The summed E-state index contributed by atoms with van der Waals surface area (Å²) in [5.74, 6) is -0.897. The van der Waals surface area contributed by atoms with E-state index in [1.807, 2.05) is 0 Å². The Kier molecular flexibility index (Phi) is 15.5. The van der Waals surface area contributed by atoms with Crippen LogP contribution in [0.3, 0.4) is 0 Å². The van der Waals surface area contributed by atoms with Gasteiger partial charge in [-0.05, 0) is 18.6 Å². The molecule has 0 saturated carbocycles. The van der Waals surface area contributed by atoms with Gasteiger partial charge >= 0.3 is 65.1 Å². The van der Waals surface area contributed by atoms with Gasteiger partial charge in [0.15, 0.2) is 6.04 Å². The number of aliphatic carboxylic acids is 1. The Bertz CT molecular complexity index is 425. The van der Waals surface area contributed by atoms with Crippen LogP contribution in [0.1, 0.15) is 57.9 Å². The molecule has 1 unspecified atom stereocenters. The van der Waals surface area contributed by atoms with Gasteiger partial charge in [-0.1, -0.05) is 55.8 Å². The molecule has 6 nitrogen and oxygen atoms in total. The number of rotatable bonds is 9. The number of carbonyl (C=O) groups is 1. The molecule has 1 heterocycles. The Labute approximate surface area is 168 Å². The summed E-state index contributed by atoms with van der Waals surface area (Å²) in [5.41, 5.74) is 0. The number of nitrogens with zero attached hydrogens (tertiary/aromatic N) is 3. The first-order chi connectivity index (χ1) is 8.66. The predicted molar refractivity (Wildman–Crippen MR) is 69.9 cm³/mol. The van der Waals surface area contributed by atoms with Crippen molar-refractivity contribution in [2.75, 3.05) is 0 Å². The van der Waals surface area contributed by atoms with Crippen LogP contribution in [0.4, 0.5) is 0 Å². The standard InChI is InChI=1S/C11H20N4O2S.2Na/c1-2-3-4-5-6-7-8-9(10(16)17)15-11(18)12-13-14-15;;/h9H,2-8H2,1H3,(H,16,17)(H,12,14,18);;/q;2*+1. The molecule has 0 saturated heterocycles. The van der Waals surface area contributed by atoms with E-state index in [-0.39, 0.29) is 63.9 Å². The van der Waals surface area contributed by atoms with Gasteiger partial charge in [-0.3, -0.25) is 0 Å². The summed E-state index contributed by atoms with van der Waals surface area (Å²) >= 11 is 4.91. The minimum atomic E-state index is -0.897. The number of nitrogens with one attached hydrogen (secondary N) is 1. The number of aromatic amines is 1. The second kappa shape index (κ2) is 13.4. The topological polar surface area (TPSA) is 83.8 Å². The van der Waals surface area contributed by atoms with Crippen LogP contribution in [-0.2, 0) is 4.79 Å². The Morgan fingerprint density at radius 1 is 1.30 bits per heavy atom. The quantitative estimate of drug-likeness (QED) is 0.283. The van der Waals surface area contributed by atoms with Crippen molar-refractivity contribution in [1.82, 2.24) is 20.2 Å². The van der Waals surface area contributed by atoms with E-state index in [0.29, 0.717) is 6.42 Å². The van der Waals surface area contributed by atoms with Crippen LogP contribution in [0.15, 0.2) is 0 Å². The van der Waals surface area contributed by atoms with Crippen LogP contribution in [0, 0.1) is 4.77 Å². The van der Waals surface area contributed by atoms with Gasteiger partial charge in [0, 0.05) is 0 Å². The summed E-state index contributed by atoms with van der Waals surface area (Å²) in [6, 6.07) is -0.682. The number of carboxylic acids is 1. The zero-order chi connectivity index (χ0) is 13.4. The fraction of sp³-hybridized carbons (Fsp3) is 0.818. The summed E-state index contributed by atoms with van der Waals surface area (Å²) in [6.07, 6.45) is 7.33. The molecule has 1 aromatic heterocycles. The van der Waals surface area contributed by atoms with Crippen LogP contribution >= 0.6 is 12.2 Å². The molecule has 20 heavy (non-hydrogen) atoms. The van der Waals surface area contributed by atoms with Crippen LogP contribution in [-0.4, -0.2) is 31.3 Å². The molecule has 1 atom stereocenters. The summed E-state index contributed by atoms with van der Waals surface area (Å²) in [5, 5.41) is 18.8. The summed E-state index contributed by atoms with van der Waals surface area (Å²) in [4.78, 5) is 11.2. The van der Waals surface area contributed by atoms with Crippen molar-refractivity contribution in [3.8, 4) is 0 Å². The molecule has 1 aromatic rings. The Morgan fingerprint density at radius 2 is 1.90 bits per heavy atom. The number of hydrogen-bond acceptors (Lipinski definition) is 4. The predicted octanol–water partition coefficient (Wildman–Crippen LogP) is -3.28. The van der Waals surface area contributed by atoms with Gasteiger partial charge in [-0.2, -0.15) is 5.21 Å². The maximum Gasteiger partial charge on any atom is 1.00 e. The molecule has 0 aliphatic rings. The molecule has 0 radical (unpaired) electrons. The van der Waals surface area contributed by atoms with Crippen LogP contribution in [0.25, 0.3) is 0 Å². The molecule has 0 aliphatic heterocycles. The zero-order valence-corrected chi connectivity index (χ0v) is 17.4. The van der Waals surface area contributed by atoms with Crippen molar-refractivity contribution in [2.45, 2.75) is 57.9 Å². The van der Waals surface area contributed by atoms with Crippen LogP contribution in [0.2, 0.25) is 0 Å². The van der Waals surface area contributed by atoms with Gasteiger partial charge in [-0.25, -0.2) is 9.48 Å². The monoisotopic (exact) mass is 318 g/mol. The van der Waals surface area contributed by atoms with E-state index in [9.17, 15) is 4.79 Å². The van der Waals surface area contributed by atoms with Crippen molar-refractivity contribution < 1.29 is 69.0 Å². The number of H-pyrrole nitrogens is 1. The molecule has 102 valence electrons. The van der Waals surface area contributed by atoms with Crippen LogP contribution in [0.5, 0.6) is 0 Å². The van der Waals surface area contributed by atoms with Gasteiger partial charge in [-0.15, -0.1) is 0 Å². The third kappa shape index (κ3) is 8.26. The van der Waals surface area contributed by atoms with Crippen molar-refractivity contribution in [3.05, 3.63) is 4.77 Å². The molecule has 2 N–H and O–H groups in total. The normalized spacial score (nSPS) is 11.2. The third-order valence-electron chi connectivity index (χ3n) is 2.92. The van der Waals surface area contributed by atoms with Gasteiger partial charge in [0.2, 0.25) is 4.77 Å². The maximum atomic E-state index is 11.2. The van der Waals surface area contributed by atoms with Crippen LogP contribution < -0.4 is 59.1 Å². The molecule has 0 amide bonds. The van der Waals surface area contributed by atoms with Crippen molar-refractivity contribution >= 4 is 18.2 Å². The van der Waals surface area contributed by atoms with E-state index >= 15 is 0 Å². The molecular formula is C11H20N4Na2O2S+2. The Morgan fingerprint density at radius 3 is 2.40 bits per heavy atom. The first kappa shape index (κ1) is 23.0. The molecule has 0 aromatic carbocycles. The smallest absolute Gasteiger partial charge is 0.480 e. The first-order valence-corrected chi connectivity index (χ1v) is 6.80. The first-order valence-electron chi connectivity index (χ1n) is 6.39. The average Bonchev–Trinajstić information content (AvgIpc) is 2.74. The summed E-state index contributed by atoms with van der Waals surface area (Å²) < 4.78 is 1.53. The Balaban J connectivity index is 0. The summed E-state index contributed by atoms with van der Waals surface area (Å²) in [6.45, 7) is 2.17. The summed E-state index contributed by atoms with van der Waals surface area (Å²) in [7, 11) is 0. The minimum absolute atomic E-state index is 0. The van der Waals surface area contributed by atoms with E-state index in [0.717, 1.165) is 19.3 Å². The van der Waals surface area contributed by atoms with E-state index < -0.39 is 12.0 Å². The van der Waals surface area contributed by atoms with E-state index in [2.05, 4.69) is 22.4 Å². The van der Waals surface area contributed by atoms with E-state index in [1.54, 1.807) is 0 Å². The minimum Gasteiger partial charge on any atom is -0.480 e.